The highest BCUT2D eigenvalue weighted by atomic mass is 16.4. The van der Waals surface area contributed by atoms with Crippen LogP contribution >= 0.6 is 0 Å². The lowest BCUT2D eigenvalue weighted by atomic mass is 9.84. The molecule has 1 aromatic carbocycles. The fourth-order valence-electron chi connectivity index (χ4n) is 2.87. The van der Waals surface area contributed by atoms with Crippen LogP contribution in [0, 0.1) is 12.3 Å². The molecule has 114 valence electrons. The first-order valence-corrected chi connectivity index (χ1v) is 7.09. The molecule has 0 saturated heterocycles. The highest BCUT2D eigenvalue weighted by Crippen LogP contribution is 2.37. The third-order valence-corrected chi connectivity index (χ3v) is 3.84. The number of aryl methyl sites for hydroxylation is 1. The quantitative estimate of drug-likeness (QED) is 0.907. The standard InChI is InChI=1S/C16H22N2O3/c1-10-17-14-11(15(20)21)6-5-7-12(14)18(10)13(8-9-19)16(2,3)4/h5-7,13,19H,8-9H2,1-4H3,(H,20,21). The molecule has 21 heavy (non-hydrogen) atoms. The molecule has 0 amide bonds. The van der Waals surface area contributed by atoms with Crippen molar-refractivity contribution in [1.82, 2.24) is 9.55 Å². The van der Waals surface area contributed by atoms with Gasteiger partial charge in [0.1, 0.15) is 11.3 Å². The van der Waals surface area contributed by atoms with E-state index in [0.29, 0.717) is 11.9 Å². The van der Waals surface area contributed by atoms with Gasteiger partial charge in [0, 0.05) is 12.6 Å². The molecule has 0 bridgehead atoms. The van der Waals surface area contributed by atoms with E-state index in [1.165, 1.54) is 0 Å². The second-order valence-electron chi connectivity index (χ2n) is 6.40. The Hall–Kier alpha value is -1.88. The van der Waals surface area contributed by atoms with E-state index < -0.39 is 5.97 Å². The number of carboxylic acids is 1. The van der Waals surface area contributed by atoms with Crippen LogP contribution in [-0.2, 0) is 0 Å². The van der Waals surface area contributed by atoms with Crippen molar-refractivity contribution in [3.8, 4) is 0 Å². The van der Waals surface area contributed by atoms with Crippen molar-refractivity contribution >= 4 is 17.0 Å². The molecule has 0 aliphatic carbocycles. The summed E-state index contributed by atoms with van der Waals surface area (Å²) in [7, 11) is 0. The van der Waals surface area contributed by atoms with Gasteiger partial charge < -0.3 is 14.8 Å². The number of carboxylic acid groups (broad SMARTS) is 1. The molecule has 2 N–H and O–H groups in total. The second kappa shape index (κ2) is 5.48. The molecule has 0 aliphatic rings. The average molecular weight is 290 g/mol. The number of aliphatic hydroxyl groups excluding tert-OH is 1. The largest absolute Gasteiger partial charge is 0.478 e. The molecule has 5 nitrogen and oxygen atoms in total. The maximum atomic E-state index is 11.3. The van der Waals surface area contributed by atoms with Gasteiger partial charge in [-0.05, 0) is 30.9 Å². The number of aliphatic hydroxyl groups is 1. The van der Waals surface area contributed by atoms with Gasteiger partial charge in [-0.2, -0.15) is 0 Å². The van der Waals surface area contributed by atoms with Crippen LogP contribution in [0.4, 0.5) is 0 Å². The zero-order valence-electron chi connectivity index (χ0n) is 12.9. The van der Waals surface area contributed by atoms with Crippen molar-refractivity contribution in [2.24, 2.45) is 5.41 Å². The third-order valence-electron chi connectivity index (χ3n) is 3.84. The lowest BCUT2D eigenvalue weighted by Crippen LogP contribution is -2.26. The topological polar surface area (TPSA) is 75.3 Å². The van der Waals surface area contributed by atoms with Crippen molar-refractivity contribution < 1.29 is 15.0 Å². The number of carbonyl (C=O) groups is 1. The van der Waals surface area contributed by atoms with Gasteiger partial charge in [-0.15, -0.1) is 0 Å². The number of aromatic nitrogens is 2. The summed E-state index contributed by atoms with van der Waals surface area (Å²) in [6.07, 6.45) is 0.604. The summed E-state index contributed by atoms with van der Waals surface area (Å²) >= 11 is 0. The number of nitrogens with zero attached hydrogens (tertiary/aromatic N) is 2. The number of hydrogen-bond donors (Lipinski definition) is 2. The smallest absolute Gasteiger partial charge is 0.337 e. The van der Waals surface area contributed by atoms with E-state index in [4.69, 9.17) is 0 Å². The minimum Gasteiger partial charge on any atom is -0.478 e. The lowest BCUT2D eigenvalue weighted by Gasteiger charge is -2.33. The molecule has 0 radical (unpaired) electrons. The Morgan fingerprint density at radius 3 is 2.57 bits per heavy atom. The first kappa shape index (κ1) is 15.5. The number of imidazole rings is 1. The number of fused-ring (bicyclic) bond motifs is 1. The van der Waals surface area contributed by atoms with Crippen LogP contribution in [0.3, 0.4) is 0 Å². The van der Waals surface area contributed by atoms with Gasteiger partial charge in [-0.25, -0.2) is 9.78 Å². The van der Waals surface area contributed by atoms with Gasteiger partial charge in [0.15, 0.2) is 0 Å². The van der Waals surface area contributed by atoms with Crippen molar-refractivity contribution in [3.05, 3.63) is 29.6 Å². The second-order valence-corrected chi connectivity index (χ2v) is 6.40. The molecule has 0 spiro atoms. The molecule has 1 atom stereocenters. The number of benzene rings is 1. The van der Waals surface area contributed by atoms with E-state index in [2.05, 4.69) is 30.3 Å². The summed E-state index contributed by atoms with van der Waals surface area (Å²) < 4.78 is 2.05. The van der Waals surface area contributed by atoms with Crippen LogP contribution in [0.15, 0.2) is 18.2 Å². The molecular formula is C16H22N2O3. The van der Waals surface area contributed by atoms with Crippen molar-refractivity contribution in [2.75, 3.05) is 6.61 Å². The Morgan fingerprint density at radius 2 is 2.05 bits per heavy atom. The van der Waals surface area contributed by atoms with Crippen LogP contribution in [0.25, 0.3) is 11.0 Å². The Morgan fingerprint density at radius 1 is 1.38 bits per heavy atom. The van der Waals surface area contributed by atoms with E-state index in [9.17, 15) is 15.0 Å². The van der Waals surface area contributed by atoms with Gasteiger partial charge in [0.2, 0.25) is 0 Å². The zero-order valence-corrected chi connectivity index (χ0v) is 12.9. The predicted molar refractivity (Wildman–Crippen MR) is 81.6 cm³/mol. The van der Waals surface area contributed by atoms with E-state index in [-0.39, 0.29) is 23.6 Å². The van der Waals surface area contributed by atoms with Gasteiger partial charge in [-0.1, -0.05) is 26.8 Å². The molecule has 2 aromatic rings. The van der Waals surface area contributed by atoms with E-state index >= 15 is 0 Å². The zero-order chi connectivity index (χ0) is 15.8. The normalized spacial score (nSPS) is 13.6. The fourth-order valence-corrected chi connectivity index (χ4v) is 2.87. The molecule has 0 aliphatic heterocycles. The Kier molecular flexibility index (Phi) is 4.05. The lowest BCUT2D eigenvalue weighted by molar-refractivity contribution is 0.0699. The van der Waals surface area contributed by atoms with Crippen molar-refractivity contribution in [1.29, 1.82) is 0 Å². The summed E-state index contributed by atoms with van der Waals surface area (Å²) in [5.41, 5.74) is 1.46. The molecule has 1 heterocycles. The van der Waals surface area contributed by atoms with Gasteiger partial charge in [0.05, 0.1) is 11.1 Å². The fraction of sp³-hybridized carbons (Fsp3) is 0.500. The van der Waals surface area contributed by atoms with Crippen LogP contribution in [0.2, 0.25) is 0 Å². The maximum Gasteiger partial charge on any atom is 0.337 e. The average Bonchev–Trinajstić information content (AvgIpc) is 2.70. The summed E-state index contributed by atoms with van der Waals surface area (Å²) in [4.78, 5) is 15.8. The van der Waals surface area contributed by atoms with Gasteiger partial charge in [-0.3, -0.25) is 0 Å². The Bertz CT molecular complexity index is 668. The van der Waals surface area contributed by atoms with E-state index in [0.717, 1.165) is 11.3 Å². The monoisotopic (exact) mass is 290 g/mol. The number of para-hydroxylation sites is 1. The predicted octanol–water partition coefficient (Wildman–Crippen LogP) is 3.01. The molecule has 0 fully saturated rings. The first-order chi connectivity index (χ1) is 9.77. The minimum atomic E-state index is -0.972. The Labute approximate surface area is 124 Å². The summed E-state index contributed by atoms with van der Waals surface area (Å²) in [6, 6.07) is 5.25. The first-order valence-electron chi connectivity index (χ1n) is 7.09. The van der Waals surface area contributed by atoms with E-state index in [1.807, 2.05) is 13.0 Å². The molecule has 1 aromatic heterocycles. The van der Waals surface area contributed by atoms with Crippen molar-refractivity contribution in [2.45, 2.75) is 40.2 Å². The van der Waals surface area contributed by atoms with Crippen molar-refractivity contribution in [3.63, 3.8) is 0 Å². The maximum absolute atomic E-state index is 11.3. The van der Waals surface area contributed by atoms with Crippen LogP contribution in [0.5, 0.6) is 0 Å². The van der Waals surface area contributed by atoms with Crippen LogP contribution in [-0.4, -0.2) is 32.3 Å². The van der Waals surface area contributed by atoms with Crippen LogP contribution in [0.1, 0.15) is 49.4 Å². The molecule has 2 rings (SSSR count). The highest BCUT2D eigenvalue weighted by molar-refractivity contribution is 6.01. The SMILES string of the molecule is Cc1nc2c(C(=O)O)cccc2n1C(CCO)C(C)(C)C. The summed E-state index contributed by atoms with van der Waals surface area (Å²) in [6.45, 7) is 8.29. The number of hydrogen-bond acceptors (Lipinski definition) is 3. The minimum absolute atomic E-state index is 0.0524. The van der Waals surface area contributed by atoms with Crippen LogP contribution < -0.4 is 0 Å². The molecule has 0 saturated carbocycles. The van der Waals surface area contributed by atoms with Gasteiger partial charge >= 0.3 is 5.97 Å². The Balaban J connectivity index is 2.71. The van der Waals surface area contributed by atoms with Gasteiger partial charge in [0.25, 0.3) is 0 Å². The molecule has 1 unspecified atom stereocenters. The number of rotatable bonds is 4. The molecular weight excluding hydrogens is 268 g/mol. The highest BCUT2D eigenvalue weighted by Gasteiger charge is 2.29. The third kappa shape index (κ3) is 2.78. The summed E-state index contributed by atoms with van der Waals surface area (Å²) in [5, 5.41) is 18.7. The number of aromatic carboxylic acids is 1. The summed E-state index contributed by atoms with van der Waals surface area (Å²) in [5.74, 6) is -0.202. The van der Waals surface area contributed by atoms with E-state index in [1.54, 1.807) is 12.1 Å². The molecule has 5 heteroatoms.